The number of rotatable bonds is 2. The Bertz CT molecular complexity index is 495. The minimum Gasteiger partial charge on any atom is -0.356 e. The molecule has 0 atom stereocenters. The van der Waals surface area contributed by atoms with Crippen LogP contribution in [0.25, 0.3) is 0 Å². The molecule has 2 aliphatic heterocycles. The Hall–Kier alpha value is -0.950. The quantitative estimate of drug-likeness (QED) is 0.829. The lowest BCUT2D eigenvalue weighted by molar-refractivity contribution is -0.137. The van der Waals surface area contributed by atoms with Gasteiger partial charge in [-0.1, -0.05) is 0 Å². The third-order valence-corrected chi connectivity index (χ3v) is 5.36. The van der Waals surface area contributed by atoms with E-state index in [2.05, 4.69) is 9.88 Å². The molecular formula is C15H20F3N3S. The molecule has 0 aliphatic carbocycles. The van der Waals surface area contributed by atoms with Crippen LogP contribution in [0.15, 0.2) is 18.3 Å². The van der Waals surface area contributed by atoms with Gasteiger partial charge in [0.05, 0.1) is 5.56 Å². The topological polar surface area (TPSA) is 19.4 Å². The van der Waals surface area contributed by atoms with Crippen LogP contribution in [0, 0.1) is 0 Å². The number of nitrogens with zero attached hydrogens (tertiary/aromatic N) is 3. The first-order chi connectivity index (χ1) is 10.6. The summed E-state index contributed by atoms with van der Waals surface area (Å²) in [6.45, 7) is 3.50. The fraction of sp³-hybridized carbons (Fsp3) is 0.667. The fourth-order valence-electron chi connectivity index (χ4n) is 3.26. The molecule has 3 nitrogen and oxygen atoms in total. The maximum Gasteiger partial charge on any atom is 0.419 e. The fourth-order valence-corrected chi connectivity index (χ4v) is 4.19. The van der Waals surface area contributed by atoms with Crippen molar-refractivity contribution in [3.05, 3.63) is 23.9 Å². The number of alkyl halides is 3. The first kappa shape index (κ1) is 15.9. The van der Waals surface area contributed by atoms with Crippen LogP contribution in [0.2, 0.25) is 0 Å². The van der Waals surface area contributed by atoms with Crippen LogP contribution >= 0.6 is 11.8 Å². The molecule has 2 saturated heterocycles. The average Bonchev–Trinajstić information content (AvgIpc) is 2.55. The number of aromatic nitrogens is 1. The van der Waals surface area contributed by atoms with Gasteiger partial charge in [-0.25, -0.2) is 4.98 Å². The van der Waals surface area contributed by atoms with E-state index in [-0.39, 0.29) is 5.82 Å². The number of hydrogen-bond donors (Lipinski definition) is 0. The molecule has 3 heterocycles. The van der Waals surface area contributed by atoms with E-state index >= 15 is 0 Å². The molecule has 3 rings (SSSR count). The van der Waals surface area contributed by atoms with Crippen molar-refractivity contribution in [3.63, 3.8) is 0 Å². The minimum atomic E-state index is -4.34. The van der Waals surface area contributed by atoms with Crippen LogP contribution in [-0.4, -0.2) is 53.6 Å². The maximum atomic E-state index is 13.1. The Balaban J connectivity index is 1.66. The smallest absolute Gasteiger partial charge is 0.356 e. The van der Waals surface area contributed by atoms with Gasteiger partial charge in [0.15, 0.2) is 0 Å². The summed E-state index contributed by atoms with van der Waals surface area (Å²) in [4.78, 5) is 8.28. The van der Waals surface area contributed by atoms with Gasteiger partial charge in [-0.15, -0.1) is 0 Å². The van der Waals surface area contributed by atoms with Crippen LogP contribution in [0.5, 0.6) is 0 Å². The van der Waals surface area contributed by atoms with E-state index < -0.39 is 11.7 Å². The molecule has 122 valence electrons. The summed E-state index contributed by atoms with van der Waals surface area (Å²) in [5.74, 6) is 2.42. The van der Waals surface area contributed by atoms with Crippen molar-refractivity contribution in [1.82, 2.24) is 9.88 Å². The van der Waals surface area contributed by atoms with Gasteiger partial charge in [-0.3, -0.25) is 4.90 Å². The van der Waals surface area contributed by atoms with Crippen molar-refractivity contribution >= 4 is 17.6 Å². The molecule has 22 heavy (non-hydrogen) atoms. The first-order valence-electron chi connectivity index (χ1n) is 7.64. The van der Waals surface area contributed by atoms with Gasteiger partial charge in [0.1, 0.15) is 5.82 Å². The third kappa shape index (κ3) is 3.51. The second-order valence-electron chi connectivity index (χ2n) is 5.74. The molecule has 2 aliphatic rings. The predicted molar refractivity (Wildman–Crippen MR) is 83.4 cm³/mol. The Morgan fingerprint density at radius 3 is 2.41 bits per heavy atom. The van der Waals surface area contributed by atoms with Gasteiger partial charge in [0, 0.05) is 49.9 Å². The van der Waals surface area contributed by atoms with Crippen molar-refractivity contribution in [2.24, 2.45) is 0 Å². The predicted octanol–water partition coefficient (Wildman–Crippen LogP) is 3.12. The molecule has 0 aromatic carbocycles. The van der Waals surface area contributed by atoms with Crippen molar-refractivity contribution in [2.75, 3.05) is 42.6 Å². The van der Waals surface area contributed by atoms with E-state index in [0.717, 1.165) is 32.0 Å². The molecule has 0 radical (unpaired) electrons. The van der Waals surface area contributed by atoms with Crippen LogP contribution in [0.3, 0.4) is 0 Å². The third-order valence-electron chi connectivity index (χ3n) is 4.42. The molecule has 7 heteroatoms. The van der Waals surface area contributed by atoms with E-state index in [9.17, 15) is 13.2 Å². The largest absolute Gasteiger partial charge is 0.419 e. The van der Waals surface area contributed by atoms with Crippen molar-refractivity contribution in [2.45, 2.75) is 25.1 Å². The Morgan fingerprint density at radius 1 is 1.09 bits per heavy atom. The van der Waals surface area contributed by atoms with Gasteiger partial charge in [0.2, 0.25) is 0 Å². The van der Waals surface area contributed by atoms with E-state index in [1.807, 2.05) is 11.8 Å². The molecule has 0 bridgehead atoms. The highest BCUT2D eigenvalue weighted by atomic mass is 32.2. The van der Waals surface area contributed by atoms with E-state index in [1.165, 1.54) is 23.8 Å². The van der Waals surface area contributed by atoms with Gasteiger partial charge in [-0.2, -0.15) is 24.9 Å². The maximum absolute atomic E-state index is 13.1. The summed E-state index contributed by atoms with van der Waals surface area (Å²) in [5.41, 5.74) is -0.622. The highest BCUT2D eigenvalue weighted by Crippen LogP contribution is 2.36. The summed E-state index contributed by atoms with van der Waals surface area (Å²) in [6, 6.07) is 2.98. The molecule has 0 saturated carbocycles. The van der Waals surface area contributed by atoms with Gasteiger partial charge in [-0.05, 0) is 25.0 Å². The van der Waals surface area contributed by atoms with E-state index in [4.69, 9.17) is 0 Å². The normalized spacial score (nSPS) is 22.0. The zero-order valence-electron chi connectivity index (χ0n) is 12.4. The highest BCUT2D eigenvalue weighted by Gasteiger charge is 2.36. The molecule has 1 aromatic heterocycles. The summed E-state index contributed by atoms with van der Waals surface area (Å²) >= 11 is 1.98. The lowest BCUT2D eigenvalue weighted by Crippen LogP contribution is -2.48. The van der Waals surface area contributed by atoms with E-state index in [1.54, 1.807) is 4.90 Å². The number of pyridine rings is 1. The van der Waals surface area contributed by atoms with Gasteiger partial charge < -0.3 is 4.90 Å². The lowest BCUT2D eigenvalue weighted by Gasteiger charge is -2.40. The molecule has 0 amide bonds. The highest BCUT2D eigenvalue weighted by molar-refractivity contribution is 7.99. The summed E-state index contributed by atoms with van der Waals surface area (Å²) in [7, 11) is 0. The molecule has 0 unspecified atom stereocenters. The number of hydrogen-bond acceptors (Lipinski definition) is 4. The van der Waals surface area contributed by atoms with Gasteiger partial charge >= 0.3 is 6.18 Å². The number of halogens is 3. The summed E-state index contributed by atoms with van der Waals surface area (Å²) < 4.78 is 39.3. The molecule has 0 spiro atoms. The monoisotopic (exact) mass is 331 g/mol. The molecule has 1 aromatic rings. The summed E-state index contributed by atoms with van der Waals surface area (Å²) in [5, 5.41) is 0. The van der Waals surface area contributed by atoms with Crippen LogP contribution in [0.4, 0.5) is 19.0 Å². The summed E-state index contributed by atoms with van der Waals surface area (Å²) in [6.07, 6.45) is -1.07. The van der Waals surface area contributed by atoms with Gasteiger partial charge in [0.25, 0.3) is 0 Å². The van der Waals surface area contributed by atoms with Crippen molar-refractivity contribution in [3.8, 4) is 0 Å². The second kappa shape index (κ2) is 6.66. The lowest BCUT2D eigenvalue weighted by atomic mass is 10.0. The zero-order chi connectivity index (χ0) is 15.6. The SMILES string of the molecule is FC(F)(F)c1cccnc1N1CCC(N2CCSCC2)CC1. The minimum absolute atomic E-state index is 0.0858. The molecular weight excluding hydrogens is 311 g/mol. The Morgan fingerprint density at radius 2 is 1.77 bits per heavy atom. The number of piperidine rings is 1. The van der Waals surface area contributed by atoms with E-state index in [0.29, 0.717) is 19.1 Å². The standard InChI is InChI=1S/C15H20F3N3S/c16-15(17,18)13-2-1-5-19-14(13)21-6-3-12(4-7-21)20-8-10-22-11-9-20/h1-2,5,12H,3-4,6-11H2. The second-order valence-corrected chi connectivity index (χ2v) is 6.96. The molecule has 2 fully saturated rings. The van der Waals surface area contributed by atoms with Crippen LogP contribution in [-0.2, 0) is 6.18 Å². The van der Waals surface area contributed by atoms with Crippen LogP contribution in [0.1, 0.15) is 18.4 Å². The first-order valence-corrected chi connectivity index (χ1v) is 8.80. The number of thioether (sulfide) groups is 1. The average molecular weight is 331 g/mol. The Kier molecular flexibility index (Phi) is 4.82. The zero-order valence-corrected chi connectivity index (χ0v) is 13.2. The van der Waals surface area contributed by atoms with Crippen molar-refractivity contribution < 1.29 is 13.2 Å². The van der Waals surface area contributed by atoms with Crippen LogP contribution < -0.4 is 4.90 Å². The van der Waals surface area contributed by atoms with Crippen molar-refractivity contribution in [1.29, 1.82) is 0 Å². The Labute approximate surface area is 132 Å². The molecule has 0 N–H and O–H groups in total. The number of anilines is 1.